The number of fused-ring (bicyclic) bond motifs is 7. The van der Waals surface area contributed by atoms with Crippen molar-refractivity contribution in [3.8, 4) is 44.5 Å². The van der Waals surface area contributed by atoms with Crippen LogP contribution in [0.4, 0.5) is 0 Å². The minimum absolute atomic E-state index is 0.205. The molecule has 0 aliphatic heterocycles. The average Bonchev–Trinajstić information content (AvgIpc) is 3.98. The Morgan fingerprint density at radius 3 is 1.10 bits per heavy atom. The number of rotatable bonds is 4. The van der Waals surface area contributed by atoms with Crippen LogP contribution in [0, 0.1) is 0 Å². The van der Waals surface area contributed by atoms with Gasteiger partial charge >= 0.3 is 301 Å². The van der Waals surface area contributed by atoms with E-state index in [0.717, 1.165) is 11.1 Å². The zero-order chi connectivity index (χ0) is 33.5. The van der Waals surface area contributed by atoms with E-state index in [1.807, 2.05) is 12.5 Å². The third-order valence-electron chi connectivity index (χ3n) is 10.5. The van der Waals surface area contributed by atoms with Crippen LogP contribution in [-0.4, -0.2) is 14.5 Å². The van der Waals surface area contributed by atoms with Gasteiger partial charge in [0.25, 0.3) is 0 Å². The third-order valence-corrected chi connectivity index (χ3v) is 12.9. The normalized spacial score (nSPS) is 11.9. The number of benzene rings is 8. The SMILES string of the molecule is c1ccc2c(-c3ccc4c(c3)[se]c3ccc(-c5c6ccccc6c(-c6ccoc6)c6ccccc56)cc34)c3ccccc3c(-c3ccoc3)c2c1. The molecule has 11 aromatic rings. The second kappa shape index (κ2) is 11.2. The Kier molecular flexibility index (Phi) is 6.30. The molecule has 8 aromatic carbocycles. The van der Waals surface area contributed by atoms with E-state index in [1.165, 1.54) is 95.8 Å². The second-order valence-electron chi connectivity index (χ2n) is 13.2. The van der Waals surface area contributed by atoms with Gasteiger partial charge < -0.3 is 0 Å². The van der Waals surface area contributed by atoms with Crippen molar-refractivity contribution < 1.29 is 8.83 Å². The van der Waals surface area contributed by atoms with Crippen LogP contribution in [0.1, 0.15) is 0 Å². The van der Waals surface area contributed by atoms with Crippen LogP contribution < -0.4 is 0 Å². The van der Waals surface area contributed by atoms with E-state index in [0.29, 0.717) is 0 Å². The zero-order valence-corrected chi connectivity index (χ0v) is 29.1. The molecule has 3 aromatic heterocycles. The molecule has 0 aliphatic rings. The first-order valence-electron chi connectivity index (χ1n) is 17.2. The van der Waals surface area contributed by atoms with E-state index in [-0.39, 0.29) is 14.5 Å². The molecule has 238 valence electrons. The Bertz CT molecular complexity index is 3010. The monoisotopic (exact) mass is 716 g/mol. The Morgan fingerprint density at radius 1 is 0.294 bits per heavy atom. The Balaban J connectivity index is 1.13. The van der Waals surface area contributed by atoms with Crippen LogP contribution in [0.3, 0.4) is 0 Å². The van der Waals surface area contributed by atoms with Crippen molar-refractivity contribution in [2.75, 3.05) is 0 Å². The molecule has 0 radical (unpaired) electrons. The summed E-state index contributed by atoms with van der Waals surface area (Å²) in [5.74, 6) is 0. The molecular weight excluding hydrogens is 687 g/mol. The molecule has 0 amide bonds. The molecule has 0 saturated heterocycles. The first-order valence-corrected chi connectivity index (χ1v) is 18.9. The van der Waals surface area contributed by atoms with Gasteiger partial charge in [0.1, 0.15) is 0 Å². The van der Waals surface area contributed by atoms with Gasteiger partial charge in [-0.3, -0.25) is 0 Å². The van der Waals surface area contributed by atoms with Gasteiger partial charge in [-0.2, -0.15) is 0 Å². The molecule has 0 saturated carbocycles. The van der Waals surface area contributed by atoms with Crippen LogP contribution in [-0.2, 0) is 0 Å². The molecule has 0 bridgehead atoms. The summed E-state index contributed by atoms with van der Waals surface area (Å²) in [6, 6.07) is 53.7. The van der Waals surface area contributed by atoms with Crippen molar-refractivity contribution in [3.05, 3.63) is 171 Å². The summed E-state index contributed by atoms with van der Waals surface area (Å²) in [6.07, 6.45) is 7.24. The molecule has 0 fully saturated rings. The van der Waals surface area contributed by atoms with Crippen LogP contribution in [0.25, 0.3) is 107 Å². The van der Waals surface area contributed by atoms with Crippen LogP contribution >= 0.6 is 0 Å². The predicted molar refractivity (Wildman–Crippen MR) is 215 cm³/mol. The van der Waals surface area contributed by atoms with Crippen molar-refractivity contribution in [2.45, 2.75) is 0 Å². The van der Waals surface area contributed by atoms with Crippen molar-refractivity contribution in [2.24, 2.45) is 0 Å². The second-order valence-corrected chi connectivity index (χ2v) is 15.5. The Labute approximate surface area is 299 Å². The molecule has 0 N–H and O–H groups in total. The van der Waals surface area contributed by atoms with Crippen LogP contribution in [0.15, 0.2) is 179 Å². The Morgan fingerprint density at radius 2 is 0.686 bits per heavy atom. The molecule has 0 spiro atoms. The van der Waals surface area contributed by atoms with Gasteiger partial charge in [-0.1, -0.05) is 0 Å². The maximum absolute atomic E-state index is 5.56. The van der Waals surface area contributed by atoms with Gasteiger partial charge in [-0.25, -0.2) is 0 Å². The summed E-state index contributed by atoms with van der Waals surface area (Å²) in [5, 5.41) is 12.7. The third kappa shape index (κ3) is 4.29. The number of hydrogen-bond donors (Lipinski definition) is 0. The summed E-state index contributed by atoms with van der Waals surface area (Å²) in [7, 11) is 0. The van der Waals surface area contributed by atoms with Crippen molar-refractivity contribution in [1.82, 2.24) is 0 Å². The van der Waals surface area contributed by atoms with E-state index in [2.05, 4.69) is 146 Å². The number of hydrogen-bond acceptors (Lipinski definition) is 2. The molecule has 3 heteroatoms. The molecule has 2 nitrogen and oxygen atoms in total. The van der Waals surface area contributed by atoms with E-state index in [4.69, 9.17) is 8.83 Å². The zero-order valence-electron chi connectivity index (χ0n) is 27.4. The summed E-state index contributed by atoms with van der Waals surface area (Å²) < 4.78 is 14.0. The Hall–Kier alpha value is -6.12. The minimum atomic E-state index is 0.205. The standard InChI is InChI=1S/C48H28O2Se/c1-5-13-38-34(9-1)45(35-10-2-6-14-39(35)47(38)31-21-23-49-27-31)29-18-20-43-42(25-29)33-19-17-30(26-44(33)51-43)46-36-11-3-7-15-40(36)48(32-22-24-50-28-32)41-16-8-4-12-37(41)46/h1-28H. The van der Waals surface area contributed by atoms with Crippen molar-refractivity contribution >= 4 is 76.9 Å². The summed E-state index contributed by atoms with van der Waals surface area (Å²) in [5.41, 5.74) is 9.74. The van der Waals surface area contributed by atoms with Gasteiger partial charge in [0.05, 0.1) is 0 Å². The molecule has 3 heterocycles. The van der Waals surface area contributed by atoms with Gasteiger partial charge in [0.2, 0.25) is 0 Å². The fraction of sp³-hybridized carbons (Fsp3) is 0. The van der Waals surface area contributed by atoms with Crippen molar-refractivity contribution in [3.63, 3.8) is 0 Å². The molecule has 0 atom stereocenters. The molecule has 0 aliphatic carbocycles. The van der Waals surface area contributed by atoms with Gasteiger partial charge in [0, 0.05) is 0 Å². The summed E-state index contributed by atoms with van der Waals surface area (Å²) >= 11 is 0.205. The van der Waals surface area contributed by atoms with Crippen LogP contribution in [0.2, 0.25) is 0 Å². The van der Waals surface area contributed by atoms with Gasteiger partial charge in [-0.15, -0.1) is 0 Å². The molecule has 51 heavy (non-hydrogen) atoms. The fourth-order valence-electron chi connectivity index (χ4n) is 8.40. The quantitative estimate of drug-likeness (QED) is 0.134. The predicted octanol–water partition coefficient (Wildman–Crippen LogP) is 13.5. The van der Waals surface area contributed by atoms with Gasteiger partial charge in [0.15, 0.2) is 0 Å². The van der Waals surface area contributed by atoms with Crippen molar-refractivity contribution in [1.29, 1.82) is 0 Å². The average molecular weight is 716 g/mol. The van der Waals surface area contributed by atoms with E-state index in [1.54, 1.807) is 12.5 Å². The first kappa shape index (κ1) is 28.7. The molecular formula is C48H28O2Se. The maximum atomic E-state index is 5.56. The molecule has 0 unspecified atom stereocenters. The van der Waals surface area contributed by atoms with E-state index >= 15 is 0 Å². The van der Waals surface area contributed by atoms with E-state index < -0.39 is 0 Å². The fourth-order valence-corrected chi connectivity index (χ4v) is 10.8. The summed E-state index contributed by atoms with van der Waals surface area (Å²) in [6.45, 7) is 0. The molecule has 11 rings (SSSR count). The van der Waals surface area contributed by atoms with Crippen LogP contribution in [0.5, 0.6) is 0 Å². The van der Waals surface area contributed by atoms with E-state index in [9.17, 15) is 0 Å². The number of furan rings is 2. The first-order chi connectivity index (χ1) is 25.3. The van der Waals surface area contributed by atoms with Gasteiger partial charge in [-0.05, 0) is 0 Å². The topological polar surface area (TPSA) is 26.3 Å². The summed E-state index contributed by atoms with van der Waals surface area (Å²) in [4.78, 5) is 0.